The Morgan fingerprint density at radius 3 is 2.03 bits per heavy atom. The van der Waals surface area contributed by atoms with Crippen LogP contribution < -0.4 is 9.62 Å². The van der Waals surface area contributed by atoms with Crippen molar-refractivity contribution in [3.8, 4) is 0 Å². The molecule has 1 heterocycles. The lowest BCUT2D eigenvalue weighted by molar-refractivity contribution is 0.0951. The van der Waals surface area contributed by atoms with Crippen LogP contribution in [0.5, 0.6) is 0 Å². The van der Waals surface area contributed by atoms with E-state index in [0.29, 0.717) is 17.8 Å². The molecule has 1 fully saturated rings. The molecule has 6 nitrogen and oxygen atoms in total. The SMILES string of the molecule is Cc1ccc(CN(c2ccc(C(=O)NCc3ccc(CN4CCCCC4)cc3)cc2)S(C)(=O)=O)cc1. The standard InChI is InChI=1S/C29H35N3O3S/c1-23-6-8-26(9-7-23)22-32(36(2,34)35)28-16-14-27(15-17-28)29(33)30-20-24-10-12-25(13-11-24)21-31-18-4-3-5-19-31/h6-17H,3-5,18-22H2,1-2H3,(H,30,33). The van der Waals surface area contributed by atoms with Gasteiger partial charge >= 0.3 is 0 Å². The molecule has 36 heavy (non-hydrogen) atoms. The highest BCUT2D eigenvalue weighted by Gasteiger charge is 2.18. The van der Waals surface area contributed by atoms with Crippen LogP contribution in [-0.2, 0) is 29.7 Å². The molecule has 3 aromatic carbocycles. The van der Waals surface area contributed by atoms with Crippen molar-refractivity contribution in [2.24, 2.45) is 0 Å². The van der Waals surface area contributed by atoms with Crippen LogP contribution in [0.4, 0.5) is 5.69 Å². The van der Waals surface area contributed by atoms with Crippen LogP contribution in [0, 0.1) is 6.92 Å². The normalized spacial score (nSPS) is 14.4. The first-order valence-corrected chi connectivity index (χ1v) is 14.3. The van der Waals surface area contributed by atoms with Gasteiger partial charge in [-0.15, -0.1) is 0 Å². The number of likely N-dealkylation sites (tertiary alicyclic amines) is 1. The number of nitrogens with zero attached hydrogens (tertiary/aromatic N) is 2. The summed E-state index contributed by atoms with van der Waals surface area (Å²) < 4.78 is 26.3. The maximum atomic E-state index is 12.7. The van der Waals surface area contributed by atoms with Crippen molar-refractivity contribution in [2.75, 3.05) is 23.7 Å². The molecule has 1 N–H and O–H groups in total. The number of rotatable bonds is 9. The molecule has 0 aliphatic carbocycles. The number of carbonyl (C=O) groups excluding carboxylic acids is 1. The Kier molecular flexibility index (Phi) is 8.44. The molecule has 1 aliphatic rings. The van der Waals surface area contributed by atoms with Crippen LogP contribution >= 0.6 is 0 Å². The number of piperidine rings is 1. The van der Waals surface area contributed by atoms with Crippen molar-refractivity contribution in [3.63, 3.8) is 0 Å². The van der Waals surface area contributed by atoms with Crippen molar-refractivity contribution < 1.29 is 13.2 Å². The highest BCUT2D eigenvalue weighted by molar-refractivity contribution is 7.92. The molecule has 0 unspecified atom stereocenters. The van der Waals surface area contributed by atoms with Gasteiger partial charge < -0.3 is 5.32 Å². The zero-order chi connectivity index (χ0) is 25.5. The number of hydrogen-bond acceptors (Lipinski definition) is 4. The van der Waals surface area contributed by atoms with E-state index in [-0.39, 0.29) is 12.5 Å². The third-order valence-electron chi connectivity index (χ3n) is 6.60. The number of carbonyl (C=O) groups is 1. The highest BCUT2D eigenvalue weighted by Crippen LogP contribution is 2.22. The highest BCUT2D eigenvalue weighted by atomic mass is 32.2. The second-order valence-corrected chi connectivity index (χ2v) is 11.5. The molecule has 1 amide bonds. The Morgan fingerprint density at radius 2 is 1.42 bits per heavy atom. The molecule has 190 valence electrons. The van der Waals surface area contributed by atoms with Crippen LogP contribution in [0.15, 0.2) is 72.8 Å². The van der Waals surface area contributed by atoms with Gasteiger partial charge in [-0.1, -0.05) is 60.5 Å². The first-order valence-electron chi connectivity index (χ1n) is 12.5. The summed E-state index contributed by atoms with van der Waals surface area (Å²) in [7, 11) is -3.49. The molecule has 0 atom stereocenters. The lowest BCUT2D eigenvalue weighted by atomic mass is 10.1. The molecule has 4 rings (SSSR count). The van der Waals surface area contributed by atoms with Gasteiger partial charge in [-0.25, -0.2) is 8.42 Å². The third-order valence-corrected chi connectivity index (χ3v) is 7.74. The van der Waals surface area contributed by atoms with Crippen molar-refractivity contribution in [1.29, 1.82) is 0 Å². The van der Waals surface area contributed by atoms with Crippen LogP contribution in [0.25, 0.3) is 0 Å². The second-order valence-electron chi connectivity index (χ2n) is 9.64. The van der Waals surface area contributed by atoms with Gasteiger partial charge in [0.05, 0.1) is 18.5 Å². The van der Waals surface area contributed by atoms with Gasteiger partial charge in [0.1, 0.15) is 0 Å². The molecule has 1 aliphatic heterocycles. The van der Waals surface area contributed by atoms with E-state index in [1.807, 2.05) is 31.2 Å². The van der Waals surface area contributed by atoms with Gasteiger partial charge in [-0.05, 0) is 73.8 Å². The quantitative estimate of drug-likeness (QED) is 0.450. The molecular formula is C29H35N3O3S. The fourth-order valence-corrected chi connectivity index (χ4v) is 5.35. The molecule has 0 spiro atoms. The summed E-state index contributed by atoms with van der Waals surface area (Å²) in [5.74, 6) is -0.191. The maximum Gasteiger partial charge on any atom is 0.251 e. The van der Waals surface area contributed by atoms with Gasteiger partial charge in [0.2, 0.25) is 10.0 Å². The van der Waals surface area contributed by atoms with Crippen molar-refractivity contribution in [1.82, 2.24) is 10.2 Å². The summed E-state index contributed by atoms with van der Waals surface area (Å²) in [5, 5.41) is 2.96. The predicted octanol–water partition coefficient (Wildman–Crippen LogP) is 4.88. The Hall–Kier alpha value is -3.16. The zero-order valence-corrected chi connectivity index (χ0v) is 21.9. The molecule has 1 saturated heterocycles. The molecule has 7 heteroatoms. The average molecular weight is 506 g/mol. The van der Waals surface area contributed by atoms with Crippen molar-refractivity contribution in [2.45, 2.75) is 45.8 Å². The first kappa shape index (κ1) is 25.9. The number of benzene rings is 3. The van der Waals surface area contributed by atoms with Crippen LogP contribution in [0.2, 0.25) is 0 Å². The van der Waals surface area contributed by atoms with Gasteiger partial charge in [-0.2, -0.15) is 0 Å². The molecular weight excluding hydrogens is 470 g/mol. The number of sulfonamides is 1. The molecule has 0 saturated carbocycles. The first-order chi connectivity index (χ1) is 17.3. The molecule has 0 aromatic heterocycles. The van der Waals surface area contributed by atoms with Gasteiger partial charge in [0, 0.05) is 18.7 Å². The minimum absolute atomic E-state index is 0.191. The summed E-state index contributed by atoms with van der Waals surface area (Å²) in [6.07, 6.45) is 5.09. The van der Waals surface area contributed by atoms with E-state index in [1.165, 1.54) is 48.5 Å². The fourth-order valence-electron chi connectivity index (χ4n) is 4.46. The minimum atomic E-state index is -3.49. The largest absolute Gasteiger partial charge is 0.348 e. The third kappa shape index (κ3) is 7.18. The van der Waals surface area contributed by atoms with Gasteiger partial charge in [0.15, 0.2) is 0 Å². The lowest BCUT2D eigenvalue weighted by Gasteiger charge is -2.26. The van der Waals surface area contributed by atoms with E-state index in [0.717, 1.165) is 23.2 Å². The number of hydrogen-bond donors (Lipinski definition) is 1. The van der Waals surface area contributed by atoms with Crippen molar-refractivity contribution >= 4 is 21.6 Å². The average Bonchev–Trinajstić information content (AvgIpc) is 2.88. The van der Waals surface area contributed by atoms with Crippen LogP contribution in [0.3, 0.4) is 0 Å². The van der Waals surface area contributed by atoms with E-state index in [2.05, 4.69) is 34.5 Å². The summed E-state index contributed by atoms with van der Waals surface area (Å²) in [6, 6.07) is 22.9. The number of amides is 1. The predicted molar refractivity (Wildman–Crippen MR) is 145 cm³/mol. The van der Waals surface area contributed by atoms with Gasteiger partial charge in [0.25, 0.3) is 5.91 Å². The van der Waals surface area contributed by atoms with E-state index >= 15 is 0 Å². The Morgan fingerprint density at radius 1 is 0.833 bits per heavy atom. The lowest BCUT2D eigenvalue weighted by Crippen LogP contribution is -2.29. The van der Waals surface area contributed by atoms with E-state index < -0.39 is 10.0 Å². The van der Waals surface area contributed by atoms with Crippen LogP contribution in [-0.4, -0.2) is 38.6 Å². The zero-order valence-electron chi connectivity index (χ0n) is 21.1. The minimum Gasteiger partial charge on any atom is -0.348 e. The number of nitrogens with one attached hydrogen (secondary N) is 1. The summed E-state index contributed by atoms with van der Waals surface area (Å²) in [6.45, 7) is 5.99. The maximum absolute atomic E-state index is 12.7. The topological polar surface area (TPSA) is 69.7 Å². The summed E-state index contributed by atoms with van der Waals surface area (Å²) in [5.41, 5.74) is 5.37. The van der Waals surface area contributed by atoms with E-state index in [1.54, 1.807) is 24.3 Å². The monoisotopic (exact) mass is 505 g/mol. The molecule has 3 aromatic rings. The summed E-state index contributed by atoms with van der Waals surface area (Å²) in [4.78, 5) is 15.2. The van der Waals surface area contributed by atoms with E-state index in [9.17, 15) is 13.2 Å². The molecule has 0 radical (unpaired) electrons. The van der Waals surface area contributed by atoms with Crippen molar-refractivity contribution in [3.05, 3.63) is 101 Å². The fraction of sp³-hybridized carbons (Fsp3) is 0.345. The number of aryl methyl sites for hydroxylation is 1. The second kappa shape index (κ2) is 11.7. The Balaban J connectivity index is 1.34. The Bertz CT molecular complexity index is 1250. The summed E-state index contributed by atoms with van der Waals surface area (Å²) >= 11 is 0. The van der Waals surface area contributed by atoms with E-state index in [4.69, 9.17) is 0 Å². The smallest absolute Gasteiger partial charge is 0.251 e. The van der Waals surface area contributed by atoms with Crippen LogP contribution in [0.1, 0.15) is 51.9 Å². The van der Waals surface area contributed by atoms with Gasteiger partial charge in [-0.3, -0.25) is 14.0 Å². The number of anilines is 1. The Labute approximate surface area is 215 Å². The molecule has 0 bridgehead atoms.